The minimum absolute atomic E-state index is 0.0848. The van der Waals surface area contributed by atoms with Gasteiger partial charge in [-0.1, -0.05) is 168 Å². The maximum Gasteiger partial charge on any atom is 0.197 e. The van der Waals surface area contributed by atoms with Crippen molar-refractivity contribution < 1.29 is 0 Å². The van der Waals surface area contributed by atoms with Crippen LogP contribution in [0.4, 0.5) is 28.4 Å². The fraction of sp³-hybridized carbons (Fsp3) is 0.193. The number of rotatable bonds is 4. The van der Waals surface area contributed by atoms with Crippen LogP contribution in [0.2, 0.25) is 0 Å². The Kier molecular flexibility index (Phi) is 7.80. The zero-order chi connectivity index (χ0) is 41.4. The summed E-state index contributed by atoms with van der Waals surface area (Å²) in [5.41, 5.74) is 19.3. The molecule has 1 radical (unpaired) electrons. The molecule has 1 N–H and O–H groups in total. The zero-order valence-corrected chi connectivity index (χ0v) is 36.6. The minimum atomic E-state index is -0.174. The molecule has 0 atom stereocenters. The van der Waals surface area contributed by atoms with Crippen molar-refractivity contribution in [2.75, 3.05) is 10.2 Å². The fourth-order valence-corrected chi connectivity index (χ4v) is 12.2. The van der Waals surface area contributed by atoms with Gasteiger partial charge in [-0.25, -0.2) is 0 Å². The highest BCUT2D eigenvalue weighted by atomic mass is 32.1. The van der Waals surface area contributed by atoms with E-state index in [0.717, 1.165) is 11.4 Å². The molecule has 0 saturated heterocycles. The highest BCUT2D eigenvalue weighted by Crippen LogP contribution is 2.57. The van der Waals surface area contributed by atoms with Crippen LogP contribution in [0, 0.1) is 0 Å². The number of anilines is 5. The molecule has 3 heterocycles. The monoisotopic (exact) mass is 803 g/mol. The van der Waals surface area contributed by atoms with E-state index in [4.69, 9.17) is 0 Å². The number of fused-ring (bicyclic) bond motifs is 9. The second-order valence-electron chi connectivity index (χ2n) is 19.5. The molecule has 0 fully saturated rings. The van der Waals surface area contributed by atoms with Gasteiger partial charge in [-0.2, -0.15) is 0 Å². The first-order chi connectivity index (χ1) is 29.5. The topological polar surface area (TPSA) is 15.3 Å². The molecule has 0 amide bonds. The van der Waals surface area contributed by atoms with Gasteiger partial charge in [0.2, 0.25) is 0 Å². The molecule has 0 saturated carbocycles. The Morgan fingerprint density at radius 2 is 1.25 bits per heavy atom. The van der Waals surface area contributed by atoms with Crippen LogP contribution in [-0.2, 0) is 16.2 Å². The van der Waals surface area contributed by atoms with Crippen LogP contribution < -0.4 is 21.1 Å². The van der Waals surface area contributed by atoms with Gasteiger partial charge in [0.25, 0.3) is 0 Å². The summed E-state index contributed by atoms with van der Waals surface area (Å²) in [4.78, 5) is 2.65. The van der Waals surface area contributed by atoms with E-state index < -0.39 is 0 Å². The minimum Gasteiger partial charge on any atom is -0.354 e. The first-order valence-electron chi connectivity index (χ1n) is 21.9. The predicted octanol–water partition coefficient (Wildman–Crippen LogP) is 14.7. The largest absolute Gasteiger partial charge is 0.354 e. The third-order valence-electron chi connectivity index (χ3n) is 14.5. The summed E-state index contributed by atoms with van der Waals surface area (Å²) >= 11 is 1.87. The van der Waals surface area contributed by atoms with Gasteiger partial charge in [0.15, 0.2) is 7.28 Å². The maximum atomic E-state index is 4.08. The van der Waals surface area contributed by atoms with Gasteiger partial charge >= 0.3 is 0 Å². The first kappa shape index (κ1) is 36.7. The van der Waals surface area contributed by atoms with Crippen molar-refractivity contribution in [1.82, 2.24) is 0 Å². The van der Waals surface area contributed by atoms with Crippen LogP contribution in [0.5, 0.6) is 0 Å². The molecular formula is C57H48BN2S. The molecule has 8 aromatic carbocycles. The second-order valence-corrected chi connectivity index (χ2v) is 20.5. The zero-order valence-electron chi connectivity index (χ0n) is 35.8. The average molecular weight is 804 g/mol. The molecule has 0 spiro atoms. The van der Waals surface area contributed by atoms with E-state index in [1.165, 1.54) is 116 Å². The normalized spacial score (nSPS) is 16.4. The van der Waals surface area contributed by atoms with Crippen LogP contribution in [0.25, 0.3) is 53.2 Å². The van der Waals surface area contributed by atoms with Gasteiger partial charge in [-0.3, -0.25) is 0 Å². The Balaban J connectivity index is 1.14. The summed E-state index contributed by atoms with van der Waals surface area (Å²) in [6.45, 7) is 14.7. The third-order valence-corrected chi connectivity index (χ3v) is 15.7. The number of thiophene rings is 1. The lowest BCUT2D eigenvalue weighted by Gasteiger charge is -2.49. The van der Waals surface area contributed by atoms with E-state index in [0.29, 0.717) is 0 Å². The Morgan fingerprint density at radius 3 is 2.07 bits per heavy atom. The lowest BCUT2D eigenvalue weighted by atomic mass is 9.55. The molecule has 295 valence electrons. The fourth-order valence-electron chi connectivity index (χ4n) is 11.0. The van der Waals surface area contributed by atoms with Crippen LogP contribution in [0.1, 0.15) is 76.6 Å². The summed E-state index contributed by atoms with van der Waals surface area (Å²) in [5, 5.41) is 9.16. The van der Waals surface area contributed by atoms with Crippen LogP contribution in [-0.4, -0.2) is 7.28 Å². The van der Waals surface area contributed by atoms with Crippen molar-refractivity contribution in [2.24, 2.45) is 0 Å². The summed E-state index contributed by atoms with van der Waals surface area (Å²) in [6, 6.07) is 57.0. The first-order valence-corrected chi connectivity index (χ1v) is 22.7. The van der Waals surface area contributed by atoms with Gasteiger partial charge in [-0.05, 0) is 109 Å². The van der Waals surface area contributed by atoms with Gasteiger partial charge in [0.1, 0.15) is 0 Å². The SMILES string of the molecule is CC1(C)CCC(C)(C)c2cc3c(cc21)N1c2cc4ccccc4c(-c4ccc(-c5ccccc5)cc4Nc4cccc5c4sc4ccccc45)c2[B]c2cccc(c21)C3(C)C. The van der Waals surface area contributed by atoms with Gasteiger partial charge in [0, 0.05) is 43.5 Å². The van der Waals surface area contributed by atoms with E-state index in [2.05, 4.69) is 211 Å². The Morgan fingerprint density at radius 1 is 0.541 bits per heavy atom. The highest BCUT2D eigenvalue weighted by molar-refractivity contribution is 7.26. The number of nitrogens with one attached hydrogen (secondary N) is 1. The number of hydrogen-bond donors (Lipinski definition) is 1. The predicted molar refractivity (Wildman–Crippen MR) is 265 cm³/mol. The van der Waals surface area contributed by atoms with E-state index in [1.54, 1.807) is 0 Å². The van der Waals surface area contributed by atoms with Crippen molar-refractivity contribution in [3.63, 3.8) is 0 Å². The molecule has 0 unspecified atom stereocenters. The molecule has 4 heteroatoms. The molecule has 0 bridgehead atoms. The van der Waals surface area contributed by atoms with Crippen molar-refractivity contribution in [3.8, 4) is 22.3 Å². The standard InChI is InChI=1S/C57H48BN2S/c1-55(2)28-29-56(3,4)43-33-48-44(32-42(43)55)57(5,6)41-22-15-23-45-53(41)60(48)49-31-36-18-10-11-19-37(36)51(52(49)58-45)40-27-26-35(34-16-8-7-9-17-34)30-47(40)59-46-24-14-21-39-38-20-12-13-25-50(38)61-54(39)46/h7-27,30-33,59H,28-29H2,1-6H3. The molecular weight excluding hydrogens is 756 g/mol. The summed E-state index contributed by atoms with van der Waals surface area (Å²) in [6.07, 6.45) is 2.38. The molecule has 61 heavy (non-hydrogen) atoms. The van der Waals surface area contributed by atoms with E-state index in [-0.39, 0.29) is 16.2 Å². The lowest BCUT2D eigenvalue weighted by Crippen LogP contribution is -2.46. The van der Waals surface area contributed by atoms with Crippen molar-refractivity contribution >= 4 is 88.9 Å². The Labute approximate surface area is 364 Å². The van der Waals surface area contributed by atoms with E-state index in [1.807, 2.05) is 11.3 Å². The molecule has 1 aromatic heterocycles. The second kappa shape index (κ2) is 13.0. The smallest absolute Gasteiger partial charge is 0.197 e. The summed E-state index contributed by atoms with van der Waals surface area (Å²) < 4.78 is 2.58. The highest BCUT2D eigenvalue weighted by Gasteiger charge is 2.45. The van der Waals surface area contributed by atoms with Crippen LogP contribution in [0.3, 0.4) is 0 Å². The number of para-hydroxylation sites is 1. The Hall–Kier alpha value is -6.10. The van der Waals surface area contributed by atoms with Crippen molar-refractivity contribution in [3.05, 3.63) is 174 Å². The maximum absolute atomic E-state index is 4.08. The van der Waals surface area contributed by atoms with Gasteiger partial charge in [-0.15, -0.1) is 11.3 Å². The summed E-state index contributed by atoms with van der Waals surface area (Å²) in [7, 11) is 2.49. The number of benzene rings is 8. The molecule has 2 nitrogen and oxygen atoms in total. The van der Waals surface area contributed by atoms with Crippen LogP contribution in [0.15, 0.2) is 152 Å². The number of nitrogens with zero attached hydrogens (tertiary/aromatic N) is 1. The lowest BCUT2D eigenvalue weighted by molar-refractivity contribution is 0.331. The van der Waals surface area contributed by atoms with Crippen molar-refractivity contribution in [2.45, 2.75) is 70.6 Å². The average Bonchev–Trinajstić information content (AvgIpc) is 3.66. The molecule has 12 rings (SSSR count). The van der Waals surface area contributed by atoms with Crippen molar-refractivity contribution in [1.29, 1.82) is 0 Å². The summed E-state index contributed by atoms with van der Waals surface area (Å²) in [5.74, 6) is 0. The molecule has 2 aliphatic heterocycles. The van der Waals surface area contributed by atoms with Crippen LogP contribution >= 0.6 is 11.3 Å². The van der Waals surface area contributed by atoms with E-state index in [9.17, 15) is 0 Å². The number of hydrogen-bond acceptors (Lipinski definition) is 3. The van der Waals surface area contributed by atoms with E-state index >= 15 is 0 Å². The molecule has 3 aliphatic rings. The quantitative estimate of drug-likeness (QED) is 0.178. The molecule has 9 aromatic rings. The Bertz CT molecular complexity index is 3300. The van der Waals surface area contributed by atoms with Gasteiger partial charge < -0.3 is 10.2 Å². The van der Waals surface area contributed by atoms with Gasteiger partial charge in [0.05, 0.1) is 16.1 Å². The third kappa shape index (κ3) is 5.41. The molecule has 1 aliphatic carbocycles.